The normalized spacial score (nSPS) is 9.95. The lowest BCUT2D eigenvalue weighted by Gasteiger charge is -2.14. The average molecular weight is 300 g/mol. The van der Waals surface area contributed by atoms with Crippen molar-refractivity contribution in [3.05, 3.63) is 59.4 Å². The summed E-state index contributed by atoms with van der Waals surface area (Å²) in [6, 6.07) is 13.0. The van der Waals surface area contributed by atoms with Crippen LogP contribution in [0.4, 0.5) is 0 Å². The monoisotopic (exact) mass is 300 g/mol. The zero-order chi connectivity index (χ0) is 16.1. The molecule has 0 aliphatic rings. The second-order valence-corrected chi connectivity index (χ2v) is 4.66. The van der Waals surface area contributed by atoms with Crippen LogP contribution in [0, 0.1) is 0 Å². The first-order chi connectivity index (χ1) is 10.6. The van der Waals surface area contributed by atoms with Gasteiger partial charge in [-0.15, -0.1) is 0 Å². The van der Waals surface area contributed by atoms with Crippen molar-refractivity contribution in [3.8, 4) is 17.2 Å². The van der Waals surface area contributed by atoms with E-state index >= 15 is 0 Å². The van der Waals surface area contributed by atoms with Crippen LogP contribution in [0.5, 0.6) is 17.2 Å². The molecule has 22 heavy (non-hydrogen) atoms. The van der Waals surface area contributed by atoms with Crippen molar-refractivity contribution in [1.29, 1.82) is 0 Å². The van der Waals surface area contributed by atoms with Crippen LogP contribution >= 0.6 is 0 Å². The molecule has 0 unspecified atom stereocenters. The lowest BCUT2D eigenvalue weighted by Crippen LogP contribution is -2.12. The Morgan fingerprint density at radius 1 is 0.727 bits per heavy atom. The van der Waals surface area contributed by atoms with Gasteiger partial charge in [0.1, 0.15) is 23.1 Å². The predicted molar refractivity (Wildman–Crippen MR) is 86.9 cm³/mol. The summed E-state index contributed by atoms with van der Waals surface area (Å²) in [5.74, 6) is 2.27. The van der Waals surface area contributed by atoms with E-state index in [1.54, 1.807) is 27.4 Å². The molecule has 0 saturated carbocycles. The van der Waals surface area contributed by atoms with E-state index in [2.05, 4.69) is 0 Å². The third kappa shape index (κ3) is 3.25. The van der Waals surface area contributed by atoms with Gasteiger partial charge in [-0.05, 0) is 35.4 Å². The Kier molecular flexibility index (Phi) is 4.78. The molecule has 0 radical (unpaired) electrons. The molecular formula is C17H20N2O3. The number of nitrogens with two attached hydrogens (primary N) is 2. The van der Waals surface area contributed by atoms with Crippen LogP contribution in [0.25, 0.3) is 5.57 Å². The van der Waals surface area contributed by atoms with Crippen LogP contribution in [-0.2, 0) is 0 Å². The van der Waals surface area contributed by atoms with Gasteiger partial charge in [0.25, 0.3) is 0 Å². The number of hydrogen-bond acceptors (Lipinski definition) is 5. The number of ether oxygens (including phenoxy) is 3. The zero-order valence-electron chi connectivity index (χ0n) is 12.9. The predicted octanol–water partition coefficient (Wildman–Crippen LogP) is 2.35. The lowest BCUT2D eigenvalue weighted by atomic mass is 9.97. The standard InChI is InChI=1S/C17H20N2O3/c1-20-13-6-4-5-11(7-13)16(17(18)19)12-8-14(21-2)10-15(9-12)22-3/h4-10H,18-19H2,1-3H3. The first-order valence-electron chi connectivity index (χ1n) is 6.72. The van der Waals surface area contributed by atoms with Crippen LogP contribution in [0.1, 0.15) is 11.1 Å². The molecule has 2 aromatic carbocycles. The van der Waals surface area contributed by atoms with Crippen molar-refractivity contribution in [2.24, 2.45) is 11.5 Å². The molecule has 0 saturated heterocycles. The van der Waals surface area contributed by atoms with E-state index in [0.717, 1.165) is 16.9 Å². The van der Waals surface area contributed by atoms with Crippen LogP contribution < -0.4 is 25.7 Å². The quantitative estimate of drug-likeness (QED) is 0.886. The minimum absolute atomic E-state index is 0.212. The second-order valence-electron chi connectivity index (χ2n) is 4.66. The molecule has 116 valence electrons. The molecular weight excluding hydrogens is 280 g/mol. The highest BCUT2D eigenvalue weighted by Gasteiger charge is 2.12. The SMILES string of the molecule is COc1cccc(C(=C(N)N)c2cc(OC)cc(OC)c2)c1. The minimum atomic E-state index is 0.212. The number of hydrogen-bond donors (Lipinski definition) is 2. The zero-order valence-corrected chi connectivity index (χ0v) is 12.9. The van der Waals surface area contributed by atoms with Gasteiger partial charge >= 0.3 is 0 Å². The van der Waals surface area contributed by atoms with Gasteiger partial charge in [0.05, 0.1) is 21.3 Å². The van der Waals surface area contributed by atoms with E-state index in [0.29, 0.717) is 17.1 Å². The van der Waals surface area contributed by atoms with Gasteiger partial charge in [0.15, 0.2) is 0 Å². The Morgan fingerprint density at radius 2 is 1.27 bits per heavy atom. The molecule has 0 spiro atoms. The van der Waals surface area contributed by atoms with Crippen molar-refractivity contribution in [1.82, 2.24) is 0 Å². The summed E-state index contributed by atoms with van der Waals surface area (Å²) in [5, 5.41) is 0. The van der Waals surface area contributed by atoms with E-state index < -0.39 is 0 Å². The summed E-state index contributed by atoms with van der Waals surface area (Å²) in [5.41, 5.74) is 14.2. The summed E-state index contributed by atoms with van der Waals surface area (Å²) in [6.07, 6.45) is 0. The van der Waals surface area contributed by atoms with E-state index in [9.17, 15) is 0 Å². The molecule has 4 N–H and O–H groups in total. The van der Waals surface area contributed by atoms with E-state index in [4.69, 9.17) is 25.7 Å². The molecule has 2 rings (SSSR count). The molecule has 0 atom stereocenters. The van der Waals surface area contributed by atoms with Gasteiger partial charge in [-0.1, -0.05) is 12.1 Å². The molecule has 5 heteroatoms. The highest BCUT2D eigenvalue weighted by molar-refractivity contribution is 5.83. The lowest BCUT2D eigenvalue weighted by molar-refractivity contribution is 0.394. The summed E-state index contributed by atoms with van der Waals surface area (Å²) >= 11 is 0. The highest BCUT2D eigenvalue weighted by Crippen LogP contribution is 2.32. The first kappa shape index (κ1) is 15.6. The molecule has 2 aromatic rings. The van der Waals surface area contributed by atoms with E-state index in [1.807, 2.05) is 36.4 Å². The van der Waals surface area contributed by atoms with Crippen molar-refractivity contribution in [2.75, 3.05) is 21.3 Å². The van der Waals surface area contributed by atoms with Crippen LogP contribution in [0.15, 0.2) is 48.3 Å². The third-order valence-electron chi connectivity index (χ3n) is 3.29. The van der Waals surface area contributed by atoms with Gasteiger partial charge in [-0.3, -0.25) is 0 Å². The Hall–Kier alpha value is -2.82. The largest absolute Gasteiger partial charge is 0.497 e. The number of methoxy groups -OCH3 is 3. The molecule has 0 amide bonds. The smallest absolute Gasteiger partial charge is 0.123 e. The molecule has 0 heterocycles. The van der Waals surface area contributed by atoms with Crippen molar-refractivity contribution < 1.29 is 14.2 Å². The molecule has 0 aromatic heterocycles. The summed E-state index contributed by atoms with van der Waals surface area (Å²) in [6.45, 7) is 0. The van der Waals surface area contributed by atoms with Crippen molar-refractivity contribution in [2.45, 2.75) is 0 Å². The second kappa shape index (κ2) is 6.76. The maximum Gasteiger partial charge on any atom is 0.123 e. The van der Waals surface area contributed by atoms with Gasteiger partial charge in [-0.25, -0.2) is 0 Å². The fraction of sp³-hybridized carbons (Fsp3) is 0.176. The first-order valence-corrected chi connectivity index (χ1v) is 6.72. The Labute approximate surface area is 130 Å². The average Bonchev–Trinajstić information content (AvgIpc) is 2.54. The Balaban J connectivity index is 2.60. The van der Waals surface area contributed by atoms with Crippen molar-refractivity contribution >= 4 is 5.57 Å². The van der Waals surface area contributed by atoms with Crippen LogP contribution in [-0.4, -0.2) is 21.3 Å². The number of rotatable bonds is 5. The molecule has 0 bridgehead atoms. The highest BCUT2D eigenvalue weighted by atomic mass is 16.5. The van der Waals surface area contributed by atoms with Crippen molar-refractivity contribution in [3.63, 3.8) is 0 Å². The summed E-state index contributed by atoms with van der Waals surface area (Å²) in [7, 11) is 4.81. The van der Waals surface area contributed by atoms with E-state index in [1.165, 1.54) is 0 Å². The molecule has 0 aliphatic carbocycles. The minimum Gasteiger partial charge on any atom is -0.497 e. The number of benzene rings is 2. The van der Waals surface area contributed by atoms with Gasteiger partial charge < -0.3 is 25.7 Å². The fourth-order valence-corrected chi connectivity index (χ4v) is 2.23. The summed E-state index contributed by atoms with van der Waals surface area (Å²) in [4.78, 5) is 0. The third-order valence-corrected chi connectivity index (χ3v) is 3.29. The van der Waals surface area contributed by atoms with E-state index in [-0.39, 0.29) is 5.82 Å². The maximum absolute atomic E-state index is 5.91. The molecule has 5 nitrogen and oxygen atoms in total. The van der Waals surface area contributed by atoms with Gasteiger partial charge in [-0.2, -0.15) is 0 Å². The molecule has 0 fully saturated rings. The van der Waals surface area contributed by atoms with Crippen LogP contribution in [0.3, 0.4) is 0 Å². The Bertz CT molecular complexity index is 670. The topological polar surface area (TPSA) is 79.7 Å². The Morgan fingerprint density at radius 3 is 1.77 bits per heavy atom. The molecule has 0 aliphatic heterocycles. The van der Waals surface area contributed by atoms with Gasteiger partial charge in [0.2, 0.25) is 0 Å². The maximum atomic E-state index is 5.91. The van der Waals surface area contributed by atoms with Gasteiger partial charge in [0, 0.05) is 11.6 Å². The summed E-state index contributed by atoms with van der Waals surface area (Å²) < 4.78 is 15.9. The van der Waals surface area contributed by atoms with Crippen LogP contribution in [0.2, 0.25) is 0 Å². The fourth-order valence-electron chi connectivity index (χ4n) is 2.23.